The number of aliphatic hydroxyl groups is 1. The minimum atomic E-state index is -4.43. The van der Waals surface area contributed by atoms with E-state index >= 15 is 0 Å². The molecule has 0 radical (unpaired) electrons. The Kier molecular flexibility index (Phi) is 8.38. The average Bonchev–Trinajstić information content (AvgIpc) is 2.91. The lowest BCUT2D eigenvalue weighted by Crippen LogP contribution is -2.33. The third-order valence-corrected chi connectivity index (χ3v) is 5.77. The number of ether oxygens (including phenoxy) is 2. The molecule has 0 aliphatic carbocycles. The summed E-state index contributed by atoms with van der Waals surface area (Å²) in [4.78, 5) is 12.6. The summed E-state index contributed by atoms with van der Waals surface area (Å²) in [5, 5.41) is 15.2. The molecule has 3 aromatic carbocycles. The molecule has 9 heteroatoms. The maximum absolute atomic E-state index is 13.1. The number of allylic oxidation sites excluding steroid dienone is 2. The molecule has 3 N–H and O–H groups in total. The first-order valence-corrected chi connectivity index (χ1v) is 12.0. The summed E-state index contributed by atoms with van der Waals surface area (Å²) in [5.74, 6) is 0.877. The second-order valence-electron chi connectivity index (χ2n) is 8.48. The average molecular weight is 525 g/mol. The number of benzene rings is 3. The fourth-order valence-corrected chi connectivity index (χ4v) is 3.91. The van der Waals surface area contributed by atoms with Gasteiger partial charge in [0.05, 0.1) is 31.0 Å². The molecule has 3 aromatic rings. The molecule has 1 aliphatic heterocycles. The molecule has 0 fully saturated rings. The Bertz CT molecular complexity index is 1320. The summed E-state index contributed by atoms with van der Waals surface area (Å²) in [5.41, 5.74) is 2.47. The van der Waals surface area contributed by atoms with Crippen LogP contribution in [0.4, 0.5) is 24.5 Å². The molecule has 1 unspecified atom stereocenters. The van der Waals surface area contributed by atoms with E-state index in [4.69, 9.17) is 9.47 Å². The lowest BCUT2D eigenvalue weighted by atomic mass is 9.96. The van der Waals surface area contributed by atoms with Crippen LogP contribution in [0.15, 0.2) is 85.0 Å². The molecule has 0 saturated carbocycles. The lowest BCUT2D eigenvalue weighted by molar-refractivity contribution is -0.137. The maximum Gasteiger partial charge on any atom is 0.416 e. The van der Waals surface area contributed by atoms with Gasteiger partial charge >= 0.3 is 6.18 Å². The van der Waals surface area contributed by atoms with Crippen molar-refractivity contribution in [2.75, 3.05) is 30.4 Å². The van der Waals surface area contributed by atoms with Gasteiger partial charge in [-0.1, -0.05) is 36.4 Å². The van der Waals surface area contributed by atoms with Gasteiger partial charge in [-0.25, -0.2) is 0 Å². The van der Waals surface area contributed by atoms with E-state index in [1.165, 1.54) is 18.2 Å². The summed E-state index contributed by atoms with van der Waals surface area (Å²) < 4.78 is 50.3. The number of fused-ring (bicyclic) bond motifs is 1. The van der Waals surface area contributed by atoms with Crippen molar-refractivity contribution in [2.24, 2.45) is 0 Å². The van der Waals surface area contributed by atoms with Crippen molar-refractivity contribution < 1.29 is 32.5 Å². The van der Waals surface area contributed by atoms with E-state index in [-0.39, 0.29) is 18.6 Å². The third kappa shape index (κ3) is 6.74. The quantitative estimate of drug-likeness (QED) is 0.253. The largest absolute Gasteiger partial charge is 0.494 e. The number of nitrogens with one attached hydrogen (secondary N) is 2. The number of aliphatic hydroxyl groups excluding tert-OH is 1. The molecule has 0 bridgehead atoms. The minimum absolute atomic E-state index is 0.103. The minimum Gasteiger partial charge on any atom is -0.494 e. The number of hydrogen-bond acceptors (Lipinski definition) is 5. The first-order chi connectivity index (χ1) is 18.3. The molecule has 0 spiro atoms. The van der Waals surface area contributed by atoms with Crippen LogP contribution in [0.5, 0.6) is 11.5 Å². The van der Waals surface area contributed by atoms with Gasteiger partial charge in [-0.15, -0.1) is 0 Å². The van der Waals surface area contributed by atoms with Crippen LogP contribution in [-0.2, 0) is 11.0 Å². The first kappa shape index (κ1) is 26.8. The summed E-state index contributed by atoms with van der Waals surface area (Å²) >= 11 is 0. The van der Waals surface area contributed by atoms with Crippen LogP contribution in [-0.4, -0.2) is 36.9 Å². The highest BCUT2D eigenvalue weighted by molar-refractivity contribution is 6.00. The molecule has 0 saturated heterocycles. The zero-order chi connectivity index (χ0) is 27.1. The van der Waals surface area contributed by atoms with Crippen molar-refractivity contribution >= 4 is 22.9 Å². The molecular weight excluding hydrogens is 497 g/mol. The molecule has 0 aromatic heterocycles. The fraction of sp³-hybridized carbons (Fsp3) is 0.207. The highest BCUT2D eigenvalue weighted by Gasteiger charge is 2.30. The second kappa shape index (κ2) is 11.9. The Hall–Kier alpha value is -4.24. The lowest BCUT2D eigenvalue weighted by Gasteiger charge is -2.26. The number of carbonyl (C=O) groups excluding carboxylic acids is 1. The molecule has 198 valence electrons. The van der Waals surface area contributed by atoms with Gasteiger partial charge < -0.3 is 25.2 Å². The van der Waals surface area contributed by atoms with Gasteiger partial charge in [-0.2, -0.15) is 13.2 Å². The Balaban J connectivity index is 1.53. The SMILES string of the molecule is CCOc1ccc(C(=CC=CC(=O)Nc2ccc3c(c2)NCC(CO)O3)c2ccc(C(F)(F)F)cc2)cc1. The van der Waals surface area contributed by atoms with Crippen LogP contribution in [0.3, 0.4) is 0 Å². The van der Waals surface area contributed by atoms with Gasteiger partial charge in [0.2, 0.25) is 5.91 Å². The standard InChI is InChI=1S/C29H27F3N2O4/c1-2-37-23-13-8-20(9-14-23)25(19-6-10-21(11-7-19)29(30,31)32)4-3-5-28(36)34-22-12-15-27-26(16-22)33-17-24(18-35)38-27/h3-16,24,33,35H,2,17-18H2,1H3,(H,34,36). The van der Waals surface area contributed by atoms with Crippen LogP contribution in [0.1, 0.15) is 23.6 Å². The molecule has 4 rings (SSSR count). The zero-order valence-corrected chi connectivity index (χ0v) is 20.6. The van der Waals surface area contributed by atoms with Crippen molar-refractivity contribution in [2.45, 2.75) is 19.2 Å². The number of alkyl halides is 3. The Morgan fingerprint density at radius 1 is 1.11 bits per heavy atom. The monoisotopic (exact) mass is 524 g/mol. The third-order valence-electron chi connectivity index (χ3n) is 5.77. The first-order valence-electron chi connectivity index (χ1n) is 12.0. The van der Waals surface area contributed by atoms with Crippen molar-refractivity contribution in [3.63, 3.8) is 0 Å². The Labute approximate surface area is 218 Å². The maximum atomic E-state index is 13.1. The highest BCUT2D eigenvalue weighted by atomic mass is 19.4. The molecule has 1 atom stereocenters. The molecule has 1 aliphatic rings. The van der Waals surface area contributed by atoms with E-state index in [9.17, 15) is 23.1 Å². The number of halogens is 3. The van der Waals surface area contributed by atoms with Crippen LogP contribution in [0.25, 0.3) is 5.57 Å². The summed E-state index contributed by atoms with van der Waals surface area (Å²) in [6.07, 6.45) is -0.200. The van der Waals surface area contributed by atoms with E-state index in [2.05, 4.69) is 10.6 Å². The fourth-order valence-electron chi connectivity index (χ4n) is 3.91. The zero-order valence-electron chi connectivity index (χ0n) is 20.6. The van der Waals surface area contributed by atoms with Gasteiger partial charge in [0.25, 0.3) is 0 Å². The second-order valence-corrected chi connectivity index (χ2v) is 8.48. The van der Waals surface area contributed by atoms with Crippen molar-refractivity contribution in [3.05, 3.63) is 102 Å². The molecule has 38 heavy (non-hydrogen) atoms. The number of rotatable bonds is 8. The van der Waals surface area contributed by atoms with E-state index in [0.717, 1.165) is 17.7 Å². The van der Waals surface area contributed by atoms with Gasteiger partial charge in [0.1, 0.15) is 17.6 Å². The predicted molar refractivity (Wildman–Crippen MR) is 140 cm³/mol. The predicted octanol–water partition coefficient (Wildman–Crippen LogP) is 5.90. The van der Waals surface area contributed by atoms with E-state index in [0.29, 0.717) is 47.2 Å². The van der Waals surface area contributed by atoms with E-state index < -0.39 is 11.7 Å². The Morgan fingerprint density at radius 2 is 1.79 bits per heavy atom. The topological polar surface area (TPSA) is 79.8 Å². The summed E-state index contributed by atoms with van der Waals surface area (Å²) in [7, 11) is 0. The van der Waals surface area contributed by atoms with Gasteiger partial charge in [0, 0.05) is 11.8 Å². The summed E-state index contributed by atoms with van der Waals surface area (Å²) in [6, 6.07) is 17.2. The van der Waals surface area contributed by atoms with Crippen LogP contribution >= 0.6 is 0 Å². The normalized spacial score (nSPS) is 15.4. The number of amides is 1. The van der Waals surface area contributed by atoms with E-state index in [1.807, 2.05) is 19.1 Å². The summed E-state index contributed by atoms with van der Waals surface area (Å²) in [6.45, 7) is 2.73. The molecule has 1 amide bonds. The van der Waals surface area contributed by atoms with Gasteiger partial charge in [-0.05, 0) is 66.1 Å². The van der Waals surface area contributed by atoms with Crippen molar-refractivity contribution in [1.82, 2.24) is 0 Å². The van der Waals surface area contributed by atoms with Crippen molar-refractivity contribution in [3.8, 4) is 11.5 Å². The molecular formula is C29H27F3N2O4. The van der Waals surface area contributed by atoms with Gasteiger partial charge in [-0.3, -0.25) is 4.79 Å². The van der Waals surface area contributed by atoms with Crippen molar-refractivity contribution in [1.29, 1.82) is 0 Å². The van der Waals surface area contributed by atoms with Gasteiger partial charge in [0.15, 0.2) is 0 Å². The number of carbonyl (C=O) groups is 1. The van der Waals surface area contributed by atoms with Crippen LogP contribution in [0.2, 0.25) is 0 Å². The number of anilines is 2. The Morgan fingerprint density at radius 3 is 2.42 bits per heavy atom. The highest BCUT2D eigenvalue weighted by Crippen LogP contribution is 2.33. The molecule has 6 nitrogen and oxygen atoms in total. The van der Waals surface area contributed by atoms with Crippen LogP contribution in [0, 0.1) is 0 Å². The smallest absolute Gasteiger partial charge is 0.416 e. The number of hydrogen-bond donors (Lipinski definition) is 3. The van der Waals surface area contributed by atoms with Crippen LogP contribution < -0.4 is 20.1 Å². The van der Waals surface area contributed by atoms with E-state index in [1.54, 1.807) is 42.5 Å². The molecule has 1 heterocycles.